The van der Waals surface area contributed by atoms with Crippen LogP contribution in [0.15, 0.2) is 36.4 Å². The van der Waals surface area contributed by atoms with Gasteiger partial charge in [0.05, 0.1) is 12.0 Å². The first-order valence-corrected chi connectivity index (χ1v) is 9.04. The number of hydrogen-bond acceptors (Lipinski definition) is 7. The van der Waals surface area contributed by atoms with Gasteiger partial charge in [0.1, 0.15) is 11.4 Å². The lowest BCUT2D eigenvalue weighted by molar-refractivity contribution is -0.384. The summed E-state index contributed by atoms with van der Waals surface area (Å²) in [5, 5.41) is 17.2. The molecule has 3 rings (SSSR count). The maximum Gasteiger partial charge on any atom is 0.343 e. The number of benzene rings is 2. The van der Waals surface area contributed by atoms with E-state index in [2.05, 4.69) is 15.4 Å². The molecule has 2 aromatic rings. The molecule has 0 saturated heterocycles. The molecule has 0 heterocycles. The molecule has 1 saturated carbocycles. The fourth-order valence-corrected chi connectivity index (χ4v) is 2.66. The molecule has 1 amide bonds. The van der Waals surface area contributed by atoms with Gasteiger partial charge < -0.3 is 20.1 Å². The maximum absolute atomic E-state index is 12.6. The number of rotatable bonds is 8. The van der Waals surface area contributed by atoms with Gasteiger partial charge in [-0.1, -0.05) is 0 Å². The van der Waals surface area contributed by atoms with E-state index in [1.54, 1.807) is 37.3 Å². The summed E-state index contributed by atoms with van der Waals surface area (Å²) < 4.78 is 9.82. The summed E-state index contributed by atoms with van der Waals surface area (Å²) in [6.45, 7) is 1.55. The second-order valence-corrected chi connectivity index (χ2v) is 6.70. The van der Waals surface area contributed by atoms with Crippen LogP contribution in [0.1, 0.15) is 28.8 Å². The number of nitrogens with one attached hydrogen (secondary N) is 2. The van der Waals surface area contributed by atoms with Gasteiger partial charge in [0.15, 0.2) is 6.61 Å². The molecule has 9 nitrogen and oxygen atoms in total. The maximum atomic E-state index is 12.6. The van der Waals surface area contributed by atoms with Gasteiger partial charge >= 0.3 is 5.97 Å². The SMILES string of the molecule is COC(=O)COc1ccc(NC(=O)c2ccc(NC3CC3)c([N+](=O)[O-])c2)c(C)c1. The predicted molar refractivity (Wildman–Crippen MR) is 106 cm³/mol. The van der Waals surface area contributed by atoms with Crippen molar-refractivity contribution < 1.29 is 24.0 Å². The van der Waals surface area contributed by atoms with E-state index in [1.165, 1.54) is 13.2 Å². The Balaban J connectivity index is 1.71. The summed E-state index contributed by atoms with van der Waals surface area (Å²) in [6.07, 6.45) is 1.97. The van der Waals surface area contributed by atoms with Crippen LogP contribution in [-0.2, 0) is 9.53 Å². The zero-order valence-corrected chi connectivity index (χ0v) is 16.1. The Labute approximate surface area is 167 Å². The molecule has 152 valence electrons. The van der Waals surface area contributed by atoms with E-state index in [4.69, 9.17) is 4.74 Å². The lowest BCUT2D eigenvalue weighted by Gasteiger charge is -2.12. The summed E-state index contributed by atoms with van der Waals surface area (Å²) >= 11 is 0. The molecule has 2 aromatic carbocycles. The van der Waals surface area contributed by atoms with E-state index >= 15 is 0 Å². The molecule has 0 aromatic heterocycles. The number of ether oxygens (including phenoxy) is 2. The molecule has 29 heavy (non-hydrogen) atoms. The number of nitrogens with zero attached hydrogens (tertiary/aromatic N) is 1. The van der Waals surface area contributed by atoms with E-state index in [-0.39, 0.29) is 23.9 Å². The zero-order chi connectivity index (χ0) is 21.0. The van der Waals surface area contributed by atoms with E-state index in [0.717, 1.165) is 12.8 Å². The Morgan fingerprint density at radius 3 is 2.52 bits per heavy atom. The van der Waals surface area contributed by atoms with Gasteiger partial charge in [-0.3, -0.25) is 14.9 Å². The molecule has 1 aliphatic carbocycles. The number of nitro groups is 1. The van der Waals surface area contributed by atoms with Crippen molar-refractivity contribution in [1.29, 1.82) is 0 Å². The largest absolute Gasteiger partial charge is 0.482 e. The molecule has 9 heteroatoms. The van der Waals surface area contributed by atoms with Gasteiger partial charge in [0, 0.05) is 23.4 Å². The van der Waals surface area contributed by atoms with Crippen LogP contribution in [-0.4, -0.2) is 36.6 Å². The first-order valence-electron chi connectivity index (χ1n) is 9.04. The molecule has 0 radical (unpaired) electrons. The van der Waals surface area contributed by atoms with Crippen molar-refractivity contribution >= 4 is 28.9 Å². The predicted octanol–water partition coefficient (Wildman–Crippen LogP) is 3.28. The molecule has 0 atom stereocenters. The number of esters is 1. The van der Waals surface area contributed by atoms with Gasteiger partial charge in [-0.25, -0.2) is 4.79 Å². The molecule has 0 unspecified atom stereocenters. The summed E-state index contributed by atoms with van der Waals surface area (Å²) in [6, 6.07) is 9.55. The Morgan fingerprint density at radius 1 is 1.17 bits per heavy atom. The quantitative estimate of drug-likeness (QED) is 0.397. The number of carbonyl (C=O) groups is 2. The van der Waals surface area contributed by atoms with Crippen LogP contribution in [0.25, 0.3) is 0 Å². The number of hydrogen-bond donors (Lipinski definition) is 2. The average molecular weight is 399 g/mol. The van der Waals surface area contributed by atoms with Crippen molar-refractivity contribution in [3.63, 3.8) is 0 Å². The third kappa shape index (κ3) is 5.22. The topological polar surface area (TPSA) is 120 Å². The first-order chi connectivity index (χ1) is 13.9. The monoisotopic (exact) mass is 399 g/mol. The lowest BCUT2D eigenvalue weighted by Crippen LogP contribution is -2.14. The van der Waals surface area contributed by atoms with E-state index in [0.29, 0.717) is 22.7 Å². The average Bonchev–Trinajstić information content (AvgIpc) is 3.52. The number of methoxy groups -OCH3 is 1. The van der Waals surface area contributed by atoms with Gasteiger partial charge in [-0.05, 0) is 55.7 Å². The highest BCUT2D eigenvalue weighted by Gasteiger charge is 2.25. The number of anilines is 2. The Morgan fingerprint density at radius 2 is 1.90 bits per heavy atom. The summed E-state index contributed by atoms with van der Waals surface area (Å²) in [4.78, 5) is 34.6. The lowest BCUT2D eigenvalue weighted by atomic mass is 10.1. The summed E-state index contributed by atoms with van der Waals surface area (Å²) in [5.41, 5.74) is 1.71. The molecule has 1 aliphatic rings. The smallest absolute Gasteiger partial charge is 0.343 e. The van der Waals surface area contributed by atoms with Crippen molar-refractivity contribution in [3.8, 4) is 5.75 Å². The highest BCUT2D eigenvalue weighted by atomic mass is 16.6. The van der Waals surface area contributed by atoms with Crippen molar-refractivity contribution in [1.82, 2.24) is 0 Å². The third-order valence-corrected chi connectivity index (χ3v) is 4.42. The van der Waals surface area contributed by atoms with Crippen molar-refractivity contribution in [2.75, 3.05) is 24.4 Å². The molecular weight excluding hydrogens is 378 g/mol. The molecular formula is C20H21N3O6. The van der Waals surface area contributed by atoms with Crippen LogP contribution in [0.4, 0.5) is 17.1 Å². The molecule has 0 spiro atoms. The number of amides is 1. The Bertz CT molecular complexity index is 955. The normalized spacial score (nSPS) is 12.8. The molecule has 0 bridgehead atoms. The minimum Gasteiger partial charge on any atom is -0.482 e. The van der Waals surface area contributed by atoms with Crippen LogP contribution < -0.4 is 15.4 Å². The van der Waals surface area contributed by atoms with E-state index in [9.17, 15) is 19.7 Å². The number of aryl methyl sites for hydroxylation is 1. The summed E-state index contributed by atoms with van der Waals surface area (Å²) in [7, 11) is 1.27. The zero-order valence-electron chi connectivity index (χ0n) is 16.1. The Kier molecular flexibility index (Phi) is 5.96. The van der Waals surface area contributed by atoms with Gasteiger partial charge in [-0.15, -0.1) is 0 Å². The summed E-state index contributed by atoms with van der Waals surface area (Å²) in [5.74, 6) is -0.504. The molecule has 0 aliphatic heterocycles. The fourth-order valence-electron chi connectivity index (χ4n) is 2.66. The third-order valence-electron chi connectivity index (χ3n) is 4.42. The van der Waals surface area contributed by atoms with Crippen molar-refractivity contribution in [3.05, 3.63) is 57.6 Å². The minimum absolute atomic E-state index is 0.132. The standard InChI is InChI=1S/C20H21N3O6/c1-12-9-15(29-11-19(24)28-2)6-8-16(12)22-20(25)13-3-7-17(21-14-4-5-14)18(10-13)23(26)27/h3,6-10,14,21H,4-5,11H2,1-2H3,(H,22,25). The first kappa shape index (κ1) is 20.1. The number of nitro benzene ring substituents is 1. The Hall–Kier alpha value is -3.62. The van der Waals surface area contributed by atoms with Gasteiger partial charge in [0.2, 0.25) is 0 Å². The van der Waals surface area contributed by atoms with Crippen molar-refractivity contribution in [2.45, 2.75) is 25.8 Å². The van der Waals surface area contributed by atoms with Crippen LogP contribution in [0.5, 0.6) is 5.75 Å². The fraction of sp³-hybridized carbons (Fsp3) is 0.300. The van der Waals surface area contributed by atoms with Crippen LogP contribution in [0, 0.1) is 17.0 Å². The van der Waals surface area contributed by atoms with Crippen LogP contribution >= 0.6 is 0 Å². The van der Waals surface area contributed by atoms with Gasteiger partial charge in [-0.2, -0.15) is 0 Å². The molecule has 2 N–H and O–H groups in total. The second-order valence-electron chi connectivity index (χ2n) is 6.70. The van der Waals surface area contributed by atoms with Crippen molar-refractivity contribution in [2.24, 2.45) is 0 Å². The van der Waals surface area contributed by atoms with Crippen LogP contribution in [0.3, 0.4) is 0 Å². The molecule has 1 fully saturated rings. The highest BCUT2D eigenvalue weighted by molar-refractivity contribution is 6.05. The van der Waals surface area contributed by atoms with Crippen LogP contribution in [0.2, 0.25) is 0 Å². The van der Waals surface area contributed by atoms with E-state index < -0.39 is 16.8 Å². The number of carbonyl (C=O) groups excluding carboxylic acids is 2. The second kappa shape index (κ2) is 8.59. The van der Waals surface area contributed by atoms with Gasteiger partial charge in [0.25, 0.3) is 11.6 Å². The van der Waals surface area contributed by atoms with E-state index in [1.807, 2.05) is 0 Å². The minimum atomic E-state index is -0.500. The highest BCUT2D eigenvalue weighted by Crippen LogP contribution is 2.32.